The quantitative estimate of drug-likeness (QED) is 0.510. The molecule has 0 aromatic heterocycles. The molecule has 0 bridgehead atoms. The average molecular weight is 469 g/mol. The van der Waals surface area contributed by atoms with E-state index in [2.05, 4.69) is 5.32 Å². The molecule has 0 saturated carbocycles. The van der Waals surface area contributed by atoms with Crippen molar-refractivity contribution in [2.24, 2.45) is 0 Å². The van der Waals surface area contributed by atoms with E-state index in [1.165, 1.54) is 14.2 Å². The first-order chi connectivity index (χ1) is 15.7. The number of ether oxygens (including phenoxy) is 2. The number of hydrogen-bond acceptors (Lipinski definition) is 5. The molecule has 174 valence electrons. The van der Waals surface area contributed by atoms with E-state index >= 15 is 0 Å². The minimum atomic E-state index is -4.06. The summed E-state index contributed by atoms with van der Waals surface area (Å²) in [4.78, 5) is 13.0. The summed E-state index contributed by atoms with van der Waals surface area (Å²) < 4.78 is 39.1. The number of carbonyl (C=O) groups excluding carboxylic acids is 1. The van der Waals surface area contributed by atoms with Crippen molar-refractivity contribution in [2.45, 2.75) is 25.3 Å². The minimum Gasteiger partial charge on any atom is -0.495 e. The summed E-state index contributed by atoms with van der Waals surface area (Å²) in [5.74, 6) is 0.233. The summed E-state index contributed by atoms with van der Waals surface area (Å²) in [7, 11) is -1.13. The molecule has 0 heterocycles. The number of sulfonamides is 1. The summed E-state index contributed by atoms with van der Waals surface area (Å²) in [5.41, 5.74) is 2.94. The Morgan fingerprint density at radius 3 is 2.12 bits per heavy atom. The Morgan fingerprint density at radius 2 is 1.48 bits per heavy atom. The van der Waals surface area contributed by atoms with E-state index in [4.69, 9.17) is 9.47 Å². The second kappa shape index (κ2) is 10.5. The fourth-order valence-corrected chi connectivity index (χ4v) is 5.03. The van der Waals surface area contributed by atoms with Crippen LogP contribution < -0.4 is 14.8 Å². The van der Waals surface area contributed by atoms with Crippen molar-refractivity contribution in [3.63, 3.8) is 0 Å². The third kappa shape index (κ3) is 5.91. The van der Waals surface area contributed by atoms with Crippen LogP contribution in [0.1, 0.15) is 16.7 Å². The smallest absolute Gasteiger partial charge is 0.247 e. The van der Waals surface area contributed by atoms with Crippen LogP contribution in [0.15, 0.2) is 71.6 Å². The normalized spacial score (nSPS) is 11.3. The van der Waals surface area contributed by atoms with Crippen molar-refractivity contribution in [3.05, 3.63) is 83.4 Å². The molecule has 0 fully saturated rings. The summed E-state index contributed by atoms with van der Waals surface area (Å²) in [6.07, 6.45) is 0. The molecule has 0 atom stereocenters. The molecule has 8 heteroatoms. The molecule has 7 nitrogen and oxygen atoms in total. The van der Waals surface area contributed by atoms with Gasteiger partial charge in [-0.15, -0.1) is 0 Å². The topological polar surface area (TPSA) is 84.9 Å². The Bertz CT molecular complexity index is 1230. The summed E-state index contributed by atoms with van der Waals surface area (Å²) in [6.45, 7) is 3.34. The first-order valence-electron chi connectivity index (χ1n) is 10.4. The van der Waals surface area contributed by atoms with Crippen molar-refractivity contribution in [3.8, 4) is 11.5 Å². The molecule has 0 saturated heterocycles. The molecule has 0 spiro atoms. The molecular formula is C25H28N2O5S. The van der Waals surface area contributed by atoms with Crippen LogP contribution >= 0.6 is 0 Å². The van der Waals surface area contributed by atoms with Gasteiger partial charge in [-0.05, 0) is 54.8 Å². The largest absolute Gasteiger partial charge is 0.495 e. The number of amides is 1. The lowest BCUT2D eigenvalue weighted by Crippen LogP contribution is -2.37. The van der Waals surface area contributed by atoms with E-state index in [0.717, 1.165) is 21.0 Å². The van der Waals surface area contributed by atoms with Crippen molar-refractivity contribution in [1.29, 1.82) is 0 Å². The van der Waals surface area contributed by atoms with E-state index in [1.54, 1.807) is 37.3 Å². The minimum absolute atomic E-state index is 0.0156. The zero-order valence-electron chi connectivity index (χ0n) is 19.2. The lowest BCUT2D eigenvalue weighted by Gasteiger charge is -2.23. The Hall–Kier alpha value is -3.36. The molecule has 0 unspecified atom stereocenters. The van der Waals surface area contributed by atoms with Crippen molar-refractivity contribution < 1.29 is 22.7 Å². The number of aryl methyl sites for hydroxylation is 2. The van der Waals surface area contributed by atoms with Gasteiger partial charge in [-0.1, -0.05) is 42.5 Å². The Morgan fingerprint density at radius 1 is 0.879 bits per heavy atom. The van der Waals surface area contributed by atoms with Crippen molar-refractivity contribution >= 4 is 21.6 Å². The van der Waals surface area contributed by atoms with E-state index in [0.29, 0.717) is 11.4 Å². The Balaban J connectivity index is 1.96. The van der Waals surface area contributed by atoms with Gasteiger partial charge in [0.1, 0.15) is 16.4 Å². The number of rotatable bonds is 9. The number of hydrogen-bond donors (Lipinski definition) is 1. The molecule has 3 aromatic carbocycles. The average Bonchev–Trinajstić information content (AvgIpc) is 2.79. The van der Waals surface area contributed by atoms with Gasteiger partial charge in [0.15, 0.2) is 0 Å². The molecule has 1 N–H and O–H groups in total. The van der Waals surface area contributed by atoms with Crippen LogP contribution in [0, 0.1) is 13.8 Å². The lowest BCUT2D eigenvalue weighted by molar-refractivity contribution is -0.116. The van der Waals surface area contributed by atoms with Crippen LogP contribution in [0.25, 0.3) is 0 Å². The molecule has 0 aliphatic carbocycles. The maximum absolute atomic E-state index is 13.7. The van der Waals surface area contributed by atoms with Gasteiger partial charge >= 0.3 is 0 Å². The van der Waals surface area contributed by atoms with E-state index < -0.39 is 15.9 Å². The van der Waals surface area contributed by atoms with Gasteiger partial charge in [-0.2, -0.15) is 4.31 Å². The van der Waals surface area contributed by atoms with Crippen LogP contribution in [0.2, 0.25) is 0 Å². The van der Waals surface area contributed by atoms with E-state index in [9.17, 15) is 13.2 Å². The summed E-state index contributed by atoms with van der Waals surface area (Å²) in [5, 5.41) is 2.78. The fourth-order valence-electron chi connectivity index (χ4n) is 3.41. The van der Waals surface area contributed by atoms with E-state index in [-0.39, 0.29) is 23.7 Å². The predicted octanol–water partition coefficient (Wildman–Crippen LogP) is 4.15. The molecule has 3 rings (SSSR count). The third-order valence-electron chi connectivity index (χ3n) is 5.09. The lowest BCUT2D eigenvalue weighted by atomic mass is 10.2. The molecule has 1 amide bonds. The van der Waals surface area contributed by atoms with Crippen LogP contribution in [0.4, 0.5) is 5.69 Å². The van der Waals surface area contributed by atoms with Crippen LogP contribution in [0.3, 0.4) is 0 Å². The predicted molar refractivity (Wildman–Crippen MR) is 128 cm³/mol. The van der Waals surface area contributed by atoms with Gasteiger partial charge < -0.3 is 14.8 Å². The molecule has 3 aromatic rings. The number of nitrogens with one attached hydrogen (secondary N) is 1. The van der Waals surface area contributed by atoms with Gasteiger partial charge in [0.2, 0.25) is 15.9 Å². The number of anilines is 1. The monoisotopic (exact) mass is 468 g/mol. The Labute approximate surface area is 195 Å². The highest BCUT2D eigenvalue weighted by molar-refractivity contribution is 7.89. The zero-order chi connectivity index (χ0) is 24.0. The third-order valence-corrected chi connectivity index (χ3v) is 6.90. The van der Waals surface area contributed by atoms with Gasteiger partial charge in [-0.25, -0.2) is 8.42 Å². The maximum Gasteiger partial charge on any atom is 0.247 e. The Kier molecular flexibility index (Phi) is 7.73. The number of carbonyl (C=O) groups is 1. The van der Waals surface area contributed by atoms with Gasteiger partial charge in [0.05, 0.1) is 26.5 Å². The number of methoxy groups -OCH3 is 2. The molecule has 0 aliphatic heterocycles. The molecule has 0 aliphatic rings. The molecular weight excluding hydrogens is 440 g/mol. The van der Waals surface area contributed by atoms with Crippen LogP contribution in [-0.2, 0) is 21.4 Å². The fraction of sp³-hybridized carbons (Fsp3) is 0.240. The summed E-state index contributed by atoms with van der Waals surface area (Å²) in [6, 6.07) is 19.5. The van der Waals surface area contributed by atoms with Crippen LogP contribution in [0.5, 0.6) is 11.5 Å². The van der Waals surface area contributed by atoms with Crippen molar-refractivity contribution in [1.82, 2.24) is 4.31 Å². The van der Waals surface area contributed by atoms with Crippen LogP contribution in [-0.4, -0.2) is 39.4 Å². The SMILES string of the molecule is COc1ccc(C)cc1NC(=O)CN(Cc1ccccc1)S(=O)(=O)c1cc(C)ccc1OC. The molecule has 0 radical (unpaired) electrons. The highest BCUT2D eigenvalue weighted by Gasteiger charge is 2.30. The number of benzene rings is 3. The molecule has 33 heavy (non-hydrogen) atoms. The van der Waals surface area contributed by atoms with E-state index in [1.807, 2.05) is 43.3 Å². The first-order valence-corrected chi connectivity index (χ1v) is 11.8. The number of nitrogens with zero attached hydrogens (tertiary/aromatic N) is 1. The van der Waals surface area contributed by atoms with Gasteiger partial charge in [0, 0.05) is 6.54 Å². The second-order valence-corrected chi connectivity index (χ2v) is 9.57. The summed E-state index contributed by atoms with van der Waals surface area (Å²) >= 11 is 0. The van der Waals surface area contributed by atoms with Gasteiger partial charge in [-0.3, -0.25) is 4.79 Å². The standard InChI is InChI=1S/C25H28N2O5S/c1-18-10-12-22(31-3)21(14-18)26-25(28)17-27(16-20-8-6-5-7-9-20)33(29,30)24-15-19(2)11-13-23(24)32-4/h5-15H,16-17H2,1-4H3,(H,26,28). The second-order valence-electron chi connectivity index (χ2n) is 7.66. The first kappa shape index (κ1) is 24.3. The highest BCUT2D eigenvalue weighted by Crippen LogP contribution is 2.29. The highest BCUT2D eigenvalue weighted by atomic mass is 32.2. The van der Waals surface area contributed by atoms with Crippen molar-refractivity contribution in [2.75, 3.05) is 26.1 Å². The zero-order valence-corrected chi connectivity index (χ0v) is 20.0. The van der Waals surface area contributed by atoms with Gasteiger partial charge in [0.25, 0.3) is 0 Å². The maximum atomic E-state index is 13.7.